The van der Waals surface area contributed by atoms with E-state index < -0.39 is 4.92 Å². The van der Waals surface area contributed by atoms with Crippen LogP contribution in [0.25, 0.3) is 16.9 Å². The van der Waals surface area contributed by atoms with Gasteiger partial charge >= 0.3 is 0 Å². The highest BCUT2D eigenvalue weighted by Crippen LogP contribution is 2.27. The number of nitro benzene ring substituents is 1. The van der Waals surface area contributed by atoms with Crippen LogP contribution in [0.5, 0.6) is 5.75 Å². The normalized spacial score (nSPS) is 13.5. The molecule has 0 bridgehead atoms. The summed E-state index contributed by atoms with van der Waals surface area (Å²) in [5.41, 5.74) is 3.31. The van der Waals surface area contributed by atoms with Crippen molar-refractivity contribution in [2.24, 2.45) is 0 Å². The number of aromatic nitrogens is 2. The minimum absolute atomic E-state index is 0.0334. The number of nitro groups is 1. The van der Waals surface area contributed by atoms with Crippen LogP contribution in [-0.2, 0) is 0 Å². The van der Waals surface area contributed by atoms with E-state index in [0.717, 1.165) is 11.3 Å². The highest BCUT2D eigenvalue weighted by Gasteiger charge is 2.27. The molecule has 0 radical (unpaired) electrons. The first-order chi connectivity index (χ1) is 17.9. The summed E-state index contributed by atoms with van der Waals surface area (Å²) < 4.78 is 6.89. The van der Waals surface area contributed by atoms with Gasteiger partial charge in [0.2, 0.25) is 0 Å². The Labute approximate surface area is 218 Å². The van der Waals surface area contributed by atoms with Crippen molar-refractivity contribution in [2.75, 3.05) is 38.2 Å². The molecule has 3 aromatic carbocycles. The van der Waals surface area contributed by atoms with E-state index in [1.54, 1.807) is 34.9 Å². The van der Waals surface area contributed by atoms with Gasteiger partial charge in [-0.15, -0.1) is 0 Å². The first-order valence-electron chi connectivity index (χ1n) is 11.7. The Morgan fingerprint density at radius 2 is 1.68 bits per heavy atom. The van der Waals surface area contributed by atoms with Crippen LogP contribution in [0.2, 0.25) is 5.02 Å². The molecule has 1 saturated heterocycles. The second-order valence-corrected chi connectivity index (χ2v) is 9.03. The molecule has 4 aromatic rings. The average molecular weight is 518 g/mol. The number of ether oxygens (including phenoxy) is 1. The fraction of sp³-hybridized carbons (Fsp3) is 0.185. The highest BCUT2D eigenvalue weighted by atomic mass is 35.5. The van der Waals surface area contributed by atoms with Crippen LogP contribution >= 0.6 is 11.6 Å². The molecule has 0 N–H and O–H groups in total. The Hall–Kier alpha value is -4.37. The lowest BCUT2D eigenvalue weighted by Crippen LogP contribution is -2.49. The Kier molecular flexibility index (Phi) is 6.78. The van der Waals surface area contributed by atoms with Gasteiger partial charge in [-0.25, -0.2) is 4.68 Å². The van der Waals surface area contributed by atoms with E-state index in [4.69, 9.17) is 21.4 Å². The van der Waals surface area contributed by atoms with Crippen molar-refractivity contribution in [3.05, 3.63) is 99.7 Å². The van der Waals surface area contributed by atoms with E-state index in [1.807, 2.05) is 48.5 Å². The Morgan fingerprint density at radius 1 is 0.946 bits per heavy atom. The van der Waals surface area contributed by atoms with Gasteiger partial charge in [-0.1, -0.05) is 29.8 Å². The molecule has 37 heavy (non-hydrogen) atoms. The molecule has 0 aliphatic carbocycles. The molecule has 0 atom stereocenters. The monoisotopic (exact) mass is 517 g/mol. The second kappa shape index (κ2) is 10.3. The number of rotatable bonds is 6. The maximum absolute atomic E-state index is 13.7. The van der Waals surface area contributed by atoms with Crippen LogP contribution in [0.15, 0.2) is 78.9 Å². The van der Waals surface area contributed by atoms with E-state index >= 15 is 0 Å². The number of anilines is 1. The SMILES string of the molecule is COc1cccc(-c2cc(C(=O)N3CCN(c4cccc(Cl)c4)CC3)n(-c3ccc([N+](=O)[O-])cc3)n2)c1. The number of piperazine rings is 1. The third-order valence-electron chi connectivity index (χ3n) is 6.34. The molecule has 9 nitrogen and oxygen atoms in total. The summed E-state index contributed by atoms with van der Waals surface area (Å²) in [7, 11) is 1.59. The number of nitrogens with zero attached hydrogens (tertiary/aromatic N) is 5. The number of benzene rings is 3. The summed E-state index contributed by atoms with van der Waals surface area (Å²) in [6, 6.07) is 22.9. The van der Waals surface area contributed by atoms with Gasteiger partial charge in [-0.05, 0) is 48.5 Å². The fourth-order valence-corrected chi connectivity index (χ4v) is 4.56. The molecule has 0 unspecified atom stereocenters. The Balaban J connectivity index is 1.45. The predicted molar refractivity (Wildman–Crippen MR) is 142 cm³/mol. The molecule has 1 fully saturated rings. The number of hydrogen-bond donors (Lipinski definition) is 0. The zero-order chi connectivity index (χ0) is 25.9. The van der Waals surface area contributed by atoms with Crippen LogP contribution in [0, 0.1) is 10.1 Å². The number of halogens is 1. The zero-order valence-corrected chi connectivity index (χ0v) is 20.8. The molecule has 10 heteroatoms. The van der Waals surface area contributed by atoms with Crippen LogP contribution in [0.3, 0.4) is 0 Å². The molecule has 1 aliphatic rings. The second-order valence-electron chi connectivity index (χ2n) is 8.59. The van der Waals surface area contributed by atoms with Gasteiger partial charge in [0.25, 0.3) is 11.6 Å². The number of methoxy groups -OCH3 is 1. The topological polar surface area (TPSA) is 93.7 Å². The van der Waals surface area contributed by atoms with Crippen LogP contribution in [-0.4, -0.2) is 58.8 Å². The number of amides is 1. The van der Waals surface area contributed by atoms with Gasteiger partial charge in [0, 0.05) is 54.6 Å². The van der Waals surface area contributed by atoms with Crippen LogP contribution < -0.4 is 9.64 Å². The standard InChI is InChI=1S/C27H24ClN5O4/c1-37-24-7-2-4-19(16-24)25-18-26(32(29-25)21-8-10-22(11-9-21)33(35)36)27(34)31-14-12-30(13-15-31)23-6-3-5-20(28)17-23/h2-11,16-18H,12-15H2,1H3. The Bertz CT molecular complexity index is 1450. The molecule has 0 saturated carbocycles. The molecule has 188 valence electrons. The maximum Gasteiger partial charge on any atom is 0.272 e. The van der Waals surface area contributed by atoms with Gasteiger partial charge in [-0.3, -0.25) is 14.9 Å². The van der Waals surface area contributed by atoms with Gasteiger partial charge in [0.1, 0.15) is 11.4 Å². The van der Waals surface area contributed by atoms with Crippen molar-refractivity contribution in [3.63, 3.8) is 0 Å². The number of non-ortho nitro benzene ring substituents is 1. The number of hydrogen-bond acceptors (Lipinski definition) is 6. The van der Waals surface area contributed by atoms with Crippen molar-refractivity contribution in [3.8, 4) is 22.7 Å². The van der Waals surface area contributed by atoms with E-state index in [9.17, 15) is 14.9 Å². The van der Waals surface area contributed by atoms with Crippen LogP contribution in [0.1, 0.15) is 10.5 Å². The Morgan fingerprint density at radius 3 is 2.35 bits per heavy atom. The lowest BCUT2D eigenvalue weighted by molar-refractivity contribution is -0.384. The maximum atomic E-state index is 13.7. The summed E-state index contributed by atoms with van der Waals surface area (Å²) in [6.45, 7) is 2.40. The quantitative estimate of drug-likeness (QED) is 0.262. The fourth-order valence-electron chi connectivity index (χ4n) is 4.37. The summed E-state index contributed by atoms with van der Waals surface area (Å²) in [5, 5.41) is 16.5. The first kappa shape index (κ1) is 24.3. The van der Waals surface area contributed by atoms with Crippen LogP contribution in [0.4, 0.5) is 11.4 Å². The molecule has 2 heterocycles. The largest absolute Gasteiger partial charge is 0.497 e. The van der Waals surface area contributed by atoms with Crippen molar-refractivity contribution < 1.29 is 14.5 Å². The average Bonchev–Trinajstić information content (AvgIpc) is 3.38. The predicted octanol–water partition coefficient (Wildman–Crippen LogP) is 5.07. The van der Waals surface area contributed by atoms with Gasteiger partial charge < -0.3 is 14.5 Å². The summed E-state index contributed by atoms with van der Waals surface area (Å²) in [4.78, 5) is 28.4. The van der Waals surface area contributed by atoms with E-state index in [-0.39, 0.29) is 11.6 Å². The first-order valence-corrected chi connectivity index (χ1v) is 12.1. The summed E-state index contributed by atoms with van der Waals surface area (Å²) >= 11 is 6.15. The van der Waals surface area contributed by atoms with Gasteiger partial charge in [-0.2, -0.15) is 5.10 Å². The lowest BCUT2D eigenvalue weighted by Gasteiger charge is -2.36. The molecule has 5 rings (SSSR count). The van der Waals surface area contributed by atoms with E-state index in [0.29, 0.717) is 54.0 Å². The van der Waals surface area contributed by atoms with Crippen molar-refractivity contribution >= 4 is 28.9 Å². The smallest absolute Gasteiger partial charge is 0.272 e. The molecule has 1 aromatic heterocycles. The highest BCUT2D eigenvalue weighted by molar-refractivity contribution is 6.30. The summed E-state index contributed by atoms with van der Waals surface area (Å²) in [5.74, 6) is 0.512. The number of carbonyl (C=O) groups excluding carboxylic acids is 1. The van der Waals surface area contributed by atoms with E-state index in [1.165, 1.54) is 12.1 Å². The minimum Gasteiger partial charge on any atom is -0.497 e. The zero-order valence-electron chi connectivity index (χ0n) is 20.1. The summed E-state index contributed by atoms with van der Waals surface area (Å²) in [6.07, 6.45) is 0. The van der Waals surface area contributed by atoms with Crippen molar-refractivity contribution in [1.82, 2.24) is 14.7 Å². The minimum atomic E-state index is -0.458. The van der Waals surface area contributed by atoms with Crippen molar-refractivity contribution in [1.29, 1.82) is 0 Å². The molecule has 1 amide bonds. The van der Waals surface area contributed by atoms with Crippen molar-refractivity contribution in [2.45, 2.75) is 0 Å². The molecular weight excluding hydrogens is 494 g/mol. The van der Waals surface area contributed by atoms with Gasteiger partial charge in [0.05, 0.1) is 23.4 Å². The lowest BCUT2D eigenvalue weighted by atomic mass is 10.1. The number of carbonyl (C=O) groups is 1. The molecule has 0 spiro atoms. The third kappa shape index (κ3) is 5.12. The van der Waals surface area contributed by atoms with E-state index in [2.05, 4.69) is 4.90 Å². The van der Waals surface area contributed by atoms with Gasteiger partial charge in [0.15, 0.2) is 0 Å². The third-order valence-corrected chi connectivity index (χ3v) is 6.57. The molecular formula is C27H24ClN5O4. The molecule has 1 aliphatic heterocycles.